The molecule has 3 rings (SSSR count). The van der Waals surface area contributed by atoms with Gasteiger partial charge in [-0.25, -0.2) is 0 Å². The van der Waals surface area contributed by atoms with E-state index in [1.807, 2.05) is 0 Å². The molecule has 20 heavy (non-hydrogen) atoms. The van der Waals surface area contributed by atoms with E-state index >= 15 is 0 Å². The van der Waals surface area contributed by atoms with Crippen LogP contribution < -0.4 is 5.32 Å². The van der Waals surface area contributed by atoms with Crippen molar-refractivity contribution in [3.8, 4) is 0 Å². The lowest BCUT2D eigenvalue weighted by Crippen LogP contribution is -2.35. The van der Waals surface area contributed by atoms with Crippen molar-refractivity contribution in [1.82, 2.24) is 10.2 Å². The largest absolute Gasteiger partial charge is 0.341 e. The third kappa shape index (κ3) is 3.04. The molecule has 3 heteroatoms. The number of nitrogens with zero attached hydrogens (tertiary/aromatic N) is 1. The van der Waals surface area contributed by atoms with Crippen molar-refractivity contribution in [3.63, 3.8) is 0 Å². The molecule has 1 fully saturated rings. The van der Waals surface area contributed by atoms with Crippen LogP contribution in [0.5, 0.6) is 0 Å². The summed E-state index contributed by atoms with van der Waals surface area (Å²) < 4.78 is 0. The maximum Gasteiger partial charge on any atom is 0.223 e. The lowest BCUT2D eigenvalue weighted by molar-refractivity contribution is -0.131. The number of aryl methyl sites for hydroxylation is 1. The van der Waals surface area contributed by atoms with Gasteiger partial charge < -0.3 is 10.2 Å². The van der Waals surface area contributed by atoms with Crippen molar-refractivity contribution in [3.05, 3.63) is 35.4 Å². The Labute approximate surface area is 121 Å². The molecule has 1 amide bonds. The Morgan fingerprint density at radius 2 is 2.10 bits per heavy atom. The summed E-state index contributed by atoms with van der Waals surface area (Å²) in [5.41, 5.74) is 2.87. The highest BCUT2D eigenvalue weighted by Crippen LogP contribution is 2.34. The zero-order valence-corrected chi connectivity index (χ0v) is 12.1. The van der Waals surface area contributed by atoms with Crippen LogP contribution in [0.3, 0.4) is 0 Å². The topological polar surface area (TPSA) is 32.3 Å². The number of hydrogen-bond acceptors (Lipinski definition) is 2. The summed E-state index contributed by atoms with van der Waals surface area (Å²) in [5, 5.41) is 3.36. The van der Waals surface area contributed by atoms with Gasteiger partial charge in [0.05, 0.1) is 0 Å². The average Bonchev–Trinajstić information content (AvgIpc) is 2.77. The van der Waals surface area contributed by atoms with Crippen LogP contribution in [0.4, 0.5) is 0 Å². The predicted octanol–water partition coefficient (Wildman–Crippen LogP) is 2.32. The van der Waals surface area contributed by atoms with Crippen LogP contribution in [0.15, 0.2) is 24.3 Å². The second kappa shape index (κ2) is 6.40. The molecule has 0 spiro atoms. The number of benzene rings is 1. The second-order valence-electron chi connectivity index (χ2n) is 5.98. The number of carbonyl (C=O) groups is 1. The standard InChI is InChI=1S/C17H24N2O/c20-17(19-11-4-9-18-10-12-19)13-15-7-3-6-14-5-1-2-8-16(14)15/h1-2,5,8,15,18H,3-4,6-7,9-13H2. The van der Waals surface area contributed by atoms with E-state index in [9.17, 15) is 4.79 Å². The summed E-state index contributed by atoms with van der Waals surface area (Å²) in [6, 6.07) is 8.67. The molecular weight excluding hydrogens is 248 g/mol. The Kier molecular flexibility index (Phi) is 4.36. The van der Waals surface area contributed by atoms with Gasteiger partial charge in [0.2, 0.25) is 5.91 Å². The Balaban J connectivity index is 1.67. The molecule has 3 nitrogen and oxygen atoms in total. The van der Waals surface area contributed by atoms with Crippen molar-refractivity contribution in [2.75, 3.05) is 26.2 Å². The summed E-state index contributed by atoms with van der Waals surface area (Å²) >= 11 is 0. The number of carbonyl (C=O) groups excluding carboxylic acids is 1. The molecule has 1 aliphatic heterocycles. The number of hydrogen-bond donors (Lipinski definition) is 1. The first-order valence-corrected chi connectivity index (χ1v) is 7.91. The fourth-order valence-corrected chi connectivity index (χ4v) is 3.50. The Bertz CT molecular complexity index is 464. The molecule has 1 aliphatic carbocycles. The van der Waals surface area contributed by atoms with E-state index in [1.54, 1.807) is 0 Å². The maximum absolute atomic E-state index is 12.5. The van der Waals surface area contributed by atoms with Crippen LogP contribution >= 0.6 is 0 Å². The van der Waals surface area contributed by atoms with Gasteiger partial charge in [0, 0.05) is 26.1 Å². The first-order chi connectivity index (χ1) is 9.84. The van der Waals surface area contributed by atoms with Gasteiger partial charge in [0.1, 0.15) is 0 Å². The van der Waals surface area contributed by atoms with E-state index in [1.165, 1.54) is 24.0 Å². The van der Waals surface area contributed by atoms with E-state index in [0.717, 1.165) is 39.0 Å². The molecule has 1 heterocycles. The Hall–Kier alpha value is -1.35. The molecule has 1 saturated heterocycles. The number of nitrogens with one attached hydrogen (secondary N) is 1. The van der Waals surface area contributed by atoms with Gasteiger partial charge in [0.15, 0.2) is 0 Å². The van der Waals surface area contributed by atoms with Gasteiger partial charge in [-0.2, -0.15) is 0 Å². The van der Waals surface area contributed by atoms with E-state index in [0.29, 0.717) is 18.2 Å². The molecule has 0 aromatic heterocycles. The highest BCUT2D eigenvalue weighted by molar-refractivity contribution is 5.77. The average molecular weight is 272 g/mol. The van der Waals surface area contributed by atoms with E-state index in [-0.39, 0.29) is 0 Å². The van der Waals surface area contributed by atoms with Crippen molar-refractivity contribution in [2.45, 2.75) is 38.0 Å². The fraction of sp³-hybridized carbons (Fsp3) is 0.588. The number of fused-ring (bicyclic) bond motifs is 1. The van der Waals surface area contributed by atoms with Gasteiger partial charge in [0.25, 0.3) is 0 Å². The summed E-state index contributed by atoms with van der Waals surface area (Å²) in [7, 11) is 0. The zero-order chi connectivity index (χ0) is 13.8. The minimum absolute atomic E-state index is 0.343. The molecule has 108 valence electrons. The minimum Gasteiger partial charge on any atom is -0.341 e. The smallest absolute Gasteiger partial charge is 0.223 e. The number of amides is 1. The van der Waals surface area contributed by atoms with Crippen molar-refractivity contribution < 1.29 is 4.79 Å². The van der Waals surface area contributed by atoms with Crippen molar-refractivity contribution >= 4 is 5.91 Å². The monoisotopic (exact) mass is 272 g/mol. The van der Waals surface area contributed by atoms with Crippen LogP contribution in [0.25, 0.3) is 0 Å². The lowest BCUT2D eigenvalue weighted by atomic mass is 9.81. The van der Waals surface area contributed by atoms with Gasteiger partial charge in [-0.15, -0.1) is 0 Å². The Morgan fingerprint density at radius 1 is 1.20 bits per heavy atom. The lowest BCUT2D eigenvalue weighted by Gasteiger charge is -2.28. The summed E-state index contributed by atoms with van der Waals surface area (Å²) in [4.78, 5) is 14.6. The molecule has 0 bridgehead atoms. The summed E-state index contributed by atoms with van der Waals surface area (Å²) in [6.45, 7) is 3.76. The van der Waals surface area contributed by atoms with Crippen LogP contribution in [-0.4, -0.2) is 37.0 Å². The Morgan fingerprint density at radius 3 is 3.05 bits per heavy atom. The van der Waals surface area contributed by atoms with E-state index in [2.05, 4.69) is 34.5 Å². The van der Waals surface area contributed by atoms with Gasteiger partial charge in [-0.05, 0) is 49.3 Å². The van der Waals surface area contributed by atoms with Gasteiger partial charge >= 0.3 is 0 Å². The van der Waals surface area contributed by atoms with Crippen LogP contribution in [0, 0.1) is 0 Å². The molecular formula is C17H24N2O. The highest BCUT2D eigenvalue weighted by atomic mass is 16.2. The van der Waals surface area contributed by atoms with Gasteiger partial charge in [-0.1, -0.05) is 24.3 Å². The predicted molar refractivity (Wildman–Crippen MR) is 80.8 cm³/mol. The second-order valence-corrected chi connectivity index (χ2v) is 5.98. The quantitative estimate of drug-likeness (QED) is 0.896. The molecule has 1 atom stereocenters. The van der Waals surface area contributed by atoms with Crippen molar-refractivity contribution in [1.29, 1.82) is 0 Å². The molecule has 2 aliphatic rings. The first kappa shape index (κ1) is 13.6. The SMILES string of the molecule is O=C(CC1CCCc2ccccc21)N1CCCNCC1. The zero-order valence-electron chi connectivity index (χ0n) is 12.1. The molecule has 1 aromatic rings. The normalized spacial score (nSPS) is 23.0. The van der Waals surface area contributed by atoms with Gasteiger partial charge in [-0.3, -0.25) is 4.79 Å². The third-order valence-corrected chi connectivity index (χ3v) is 4.61. The molecule has 1 aromatic carbocycles. The molecule has 1 unspecified atom stereocenters. The summed E-state index contributed by atoms with van der Waals surface area (Å²) in [6.07, 6.45) is 5.32. The minimum atomic E-state index is 0.343. The molecule has 1 N–H and O–H groups in total. The fourth-order valence-electron chi connectivity index (χ4n) is 3.50. The number of rotatable bonds is 2. The van der Waals surface area contributed by atoms with E-state index in [4.69, 9.17) is 0 Å². The summed E-state index contributed by atoms with van der Waals surface area (Å²) in [5.74, 6) is 0.777. The highest BCUT2D eigenvalue weighted by Gasteiger charge is 2.24. The van der Waals surface area contributed by atoms with E-state index < -0.39 is 0 Å². The maximum atomic E-state index is 12.5. The van der Waals surface area contributed by atoms with Crippen LogP contribution in [0.1, 0.15) is 42.7 Å². The molecule has 0 saturated carbocycles. The molecule has 0 radical (unpaired) electrons. The first-order valence-electron chi connectivity index (χ1n) is 7.91. The van der Waals surface area contributed by atoms with Crippen LogP contribution in [-0.2, 0) is 11.2 Å². The van der Waals surface area contributed by atoms with Crippen molar-refractivity contribution in [2.24, 2.45) is 0 Å². The van der Waals surface area contributed by atoms with Crippen LogP contribution in [0.2, 0.25) is 0 Å². The third-order valence-electron chi connectivity index (χ3n) is 4.61.